The molecule has 0 saturated heterocycles. The molecule has 1 aromatic rings. The van der Waals surface area contributed by atoms with Crippen molar-refractivity contribution in [2.45, 2.75) is 13.8 Å². The number of thiazole rings is 1. The van der Waals surface area contributed by atoms with Gasteiger partial charge in [0, 0.05) is 6.92 Å². The first-order chi connectivity index (χ1) is 6.07. The van der Waals surface area contributed by atoms with Crippen LogP contribution < -0.4 is 9.30 Å². The molecule has 0 saturated carbocycles. The van der Waals surface area contributed by atoms with E-state index in [2.05, 4.69) is 0 Å². The second-order valence-corrected chi connectivity index (χ2v) is 3.65. The molecule has 0 aliphatic carbocycles. The van der Waals surface area contributed by atoms with Crippen molar-refractivity contribution in [1.82, 2.24) is 0 Å². The van der Waals surface area contributed by atoms with E-state index in [-0.39, 0.29) is 5.82 Å². The van der Waals surface area contributed by atoms with Crippen LogP contribution in [0.25, 0.3) is 0 Å². The third kappa shape index (κ3) is 1.77. The third-order valence-corrected chi connectivity index (χ3v) is 2.72. The molecule has 0 N–H and O–H groups in total. The largest absolute Gasteiger partial charge is 0.556 e. The van der Waals surface area contributed by atoms with Crippen LogP contribution in [0.2, 0.25) is 0 Å². The molecule has 0 fully saturated rings. The Kier molecular flexibility index (Phi) is 2.82. The highest BCUT2D eigenvalue weighted by atomic mass is 32.1. The number of rotatable bonds is 3. The lowest BCUT2D eigenvalue weighted by molar-refractivity contribution is -0.716. The van der Waals surface area contributed by atoms with Gasteiger partial charge in [0.05, 0.1) is 6.61 Å². The van der Waals surface area contributed by atoms with E-state index in [0.29, 0.717) is 11.7 Å². The Balaban J connectivity index is 3.18. The summed E-state index contributed by atoms with van der Waals surface area (Å²) in [6.07, 6.45) is 0. The number of nitro groups is 1. The lowest BCUT2D eigenvalue weighted by Crippen LogP contribution is -2.31. The Hall–Kier alpha value is -1.17. The highest BCUT2D eigenvalue weighted by molar-refractivity contribution is 7.13. The smallest absolute Gasteiger partial charge is 0.474 e. The minimum absolute atomic E-state index is 0.0318. The standard InChI is InChI=1S/C7H11N2O3S/c1-4-12-7-6(9(10)11)8(3)5(2)13-7/h4H2,1-3H3/q+1. The van der Waals surface area contributed by atoms with E-state index in [4.69, 9.17) is 4.74 Å². The fourth-order valence-corrected chi connectivity index (χ4v) is 1.93. The van der Waals surface area contributed by atoms with Crippen molar-refractivity contribution < 1.29 is 14.2 Å². The van der Waals surface area contributed by atoms with Gasteiger partial charge in [0.25, 0.3) is 0 Å². The summed E-state index contributed by atoms with van der Waals surface area (Å²) in [5.74, 6) is 0.0318. The van der Waals surface area contributed by atoms with E-state index >= 15 is 0 Å². The predicted molar refractivity (Wildman–Crippen MR) is 48.1 cm³/mol. The average Bonchev–Trinajstić information content (AvgIpc) is 2.28. The number of aromatic nitrogens is 1. The van der Waals surface area contributed by atoms with Crippen LogP contribution in [0.1, 0.15) is 11.9 Å². The van der Waals surface area contributed by atoms with Gasteiger partial charge in [0.15, 0.2) is 0 Å². The van der Waals surface area contributed by atoms with Gasteiger partial charge >= 0.3 is 10.9 Å². The van der Waals surface area contributed by atoms with E-state index in [1.807, 2.05) is 6.92 Å². The molecule has 0 aliphatic heterocycles. The zero-order valence-corrected chi connectivity index (χ0v) is 8.55. The molecule has 1 aromatic heterocycles. The summed E-state index contributed by atoms with van der Waals surface area (Å²) in [6.45, 7) is 4.07. The highest BCUT2D eigenvalue weighted by Gasteiger charge is 2.33. The van der Waals surface area contributed by atoms with Gasteiger partial charge in [0.1, 0.15) is 12.0 Å². The fraction of sp³-hybridized carbons (Fsp3) is 0.571. The maximum Gasteiger partial charge on any atom is 0.556 e. The van der Waals surface area contributed by atoms with Crippen molar-refractivity contribution in [3.8, 4) is 5.06 Å². The molecular weight excluding hydrogens is 192 g/mol. The van der Waals surface area contributed by atoms with E-state index in [0.717, 1.165) is 5.01 Å². The van der Waals surface area contributed by atoms with Crippen molar-refractivity contribution in [1.29, 1.82) is 0 Å². The molecule has 72 valence electrons. The Bertz CT molecular complexity index is 335. The van der Waals surface area contributed by atoms with Crippen LogP contribution in [-0.4, -0.2) is 11.5 Å². The molecule has 1 rings (SSSR count). The topological polar surface area (TPSA) is 56.2 Å². The molecule has 6 heteroatoms. The Morgan fingerprint density at radius 1 is 1.69 bits per heavy atom. The van der Waals surface area contributed by atoms with Crippen LogP contribution in [-0.2, 0) is 7.05 Å². The molecule has 0 aromatic carbocycles. The molecule has 0 aliphatic rings. The van der Waals surface area contributed by atoms with Crippen molar-refractivity contribution >= 4 is 17.2 Å². The highest BCUT2D eigenvalue weighted by Crippen LogP contribution is 2.30. The molecule has 0 bridgehead atoms. The Morgan fingerprint density at radius 2 is 2.31 bits per heavy atom. The van der Waals surface area contributed by atoms with Gasteiger partial charge < -0.3 is 4.74 Å². The second kappa shape index (κ2) is 3.69. The van der Waals surface area contributed by atoms with E-state index in [9.17, 15) is 10.1 Å². The van der Waals surface area contributed by atoms with Gasteiger partial charge in [-0.15, -0.1) is 4.57 Å². The van der Waals surface area contributed by atoms with Gasteiger partial charge in [-0.05, 0) is 18.3 Å². The minimum Gasteiger partial charge on any atom is -0.474 e. The fourth-order valence-electron chi connectivity index (χ4n) is 0.956. The van der Waals surface area contributed by atoms with Gasteiger partial charge in [-0.2, -0.15) is 0 Å². The number of aryl methyl sites for hydroxylation is 1. The van der Waals surface area contributed by atoms with Crippen molar-refractivity contribution in [3.63, 3.8) is 0 Å². The molecule has 0 amide bonds. The first-order valence-corrected chi connectivity index (χ1v) is 4.66. The normalized spacial score (nSPS) is 10.1. The molecule has 5 nitrogen and oxygen atoms in total. The van der Waals surface area contributed by atoms with E-state index in [1.54, 1.807) is 14.0 Å². The molecule has 0 spiro atoms. The monoisotopic (exact) mass is 203 g/mol. The maximum absolute atomic E-state index is 10.6. The van der Waals surface area contributed by atoms with Crippen LogP contribution in [0.3, 0.4) is 0 Å². The summed E-state index contributed by atoms with van der Waals surface area (Å²) in [4.78, 5) is 10.2. The first kappa shape index (κ1) is 9.91. The maximum atomic E-state index is 10.6. The quantitative estimate of drug-likeness (QED) is 0.421. The second-order valence-electron chi connectivity index (χ2n) is 2.48. The van der Waals surface area contributed by atoms with Crippen LogP contribution >= 0.6 is 11.3 Å². The first-order valence-electron chi connectivity index (χ1n) is 3.84. The summed E-state index contributed by atoms with van der Waals surface area (Å²) in [5.41, 5.74) is 0. The number of hydrogen-bond acceptors (Lipinski definition) is 4. The number of nitrogens with zero attached hydrogens (tertiary/aromatic N) is 2. The Morgan fingerprint density at radius 3 is 2.77 bits per heavy atom. The summed E-state index contributed by atoms with van der Waals surface area (Å²) < 4.78 is 6.68. The van der Waals surface area contributed by atoms with Gasteiger partial charge in [0.2, 0.25) is 5.01 Å². The molecule has 0 radical (unpaired) electrons. The van der Waals surface area contributed by atoms with Gasteiger partial charge in [-0.25, -0.2) is 0 Å². The lowest BCUT2D eigenvalue weighted by atomic mass is 10.7. The Labute approximate surface area is 79.7 Å². The summed E-state index contributed by atoms with van der Waals surface area (Å²) in [7, 11) is 1.66. The zero-order chi connectivity index (χ0) is 10.0. The van der Waals surface area contributed by atoms with Gasteiger partial charge in [-0.1, -0.05) is 0 Å². The minimum atomic E-state index is -0.422. The van der Waals surface area contributed by atoms with Crippen LogP contribution in [0, 0.1) is 17.0 Å². The molecule has 0 atom stereocenters. The molecular formula is C7H11N2O3S+. The summed E-state index contributed by atoms with van der Waals surface area (Å²) in [6, 6.07) is 0. The SMILES string of the molecule is CCOc1sc(C)[n+](C)c1[N+](=O)[O-]. The van der Waals surface area contributed by atoms with Crippen molar-refractivity contribution in [3.05, 3.63) is 15.1 Å². The van der Waals surface area contributed by atoms with Crippen molar-refractivity contribution in [2.75, 3.05) is 6.61 Å². The number of ether oxygens (including phenoxy) is 1. The van der Waals surface area contributed by atoms with Crippen LogP contribution in [0.5, 0.6) is 5.06 Å². The summed E-state index contributed by atoms with van der Waals surface area (Å²) in [5, 5.41) is 11.9. The van der Waals surface area contributed by atoms with E-state index in [1.165, 1.54) is 15.9 Å². The third-order valence-electron chi connectivity index (χ3n) is 1.66. The van der Waals surface area contributed by atoms with E-state index < -0.39 is 4.92 Å². The zero-order valence-electron chi connectivity index (χ0n) is 7.73. The van der Waals surface area contributed by atoms with Gasteiger partial charge in [-0.3, -0.25) is 10.1 Å². The van der Waals surface area contributed by atoms with Crippen LogP contribution in [0.15, 0.2) is 0 Å². The molecule has 13 heavy (non-hydrogen) atoms. The molecule has 1 heterocycles. The predicted octanol–water partition coefficient (Wildman–Crippen LogP) is 1.19. The lowest BCUT2D eigenvalue weighted by Gasteiger charge is -1.92. The summed E-state index contributed by atoms with van der Waals surface area (Å²) >= 11 is 1.29. The van der Waals surface area contributed by atoms with Crippen LogP contribution in [0.4, 0.5) is 5.82 Å². The molecule has 0 unspecified atom stereocenters. The number of hydrogen-bond donors (Lipinski definition) is 0. The average molecular weight is 203 g/mol. The van der Waals surface area contributed by atoms with Crippen molar-refractivity contribution in [2.24, 2.45) is 7.05 Å².